The maximum atomic E-state index is 11.6. The van der Waals surface area contributed by atoms with Crippen molar-refractivity contribution in [3.63, 3.8) is 0 Å². The molecular weight excluding hydrogens is 376 g/mol. The molecule has 2 N–H and O–H groups in total. The van der Waals surface area contributed by atoms with Gasteiger partial charge in [0.25, 0.3) is 0 Å². The first kappa shape index (κ1) is 17.9. The van der Waals surface area contributed by atoms with Gasteiger partial charge in [-0.2, -0.15) is 11.8 Å². The van der Waals surface area contributed by atoms with E-state index >= 15 is 0 Å². The molecule has 8 heteroatoms. The van der Waals surface area contributed by atoms with Gasteiger partial charge < -0.3 is 10.2 Å². The molecule has 1 atom stereocenters. The molecule has 1 aromatic carbocycles. The van der Waals surface area contributed by atoms with Crippen molar-refractivity contribution >= 4 is 64.8 Å². The molecule has 0 spiro atoms. The molecule has 1 unspecified atom stereocenters. The molecule has 3 rings (SSSR count). The van der Waals surface area contributed by atoms with Crippen LogP contribution in [0, 0.1) is 3.95 Å². The number of fused-ring (bicyclic) bond motifs is 1. The van der Waals surface area contributed by atoms with Gasteiger partial charge in [-0.05, 0) is 42.8 Å². The third-order valence-electron chi connectivity index (χ3n) is 3.88. The second-order valence-electron chi connectivity index (χ2n) is 5.44. The SMILES string of the molecule is CSCCC(C(=O)O)n1c(O)c(/C=C2\C=Nc3ccccc32)sc1=S. The lowest BCUT2D eigenvalue weighted by Gasteiger charge is -2.14. The van der Waals surface area contributed by atoms with Crippen LogP contribution in [0.4, 0.5) is 5.69 Å². The van der Waals surface area contributed by atoms with Crippen molar-refractivity contribution in [1.82, 2.24) is 4.57 Å². The topological polar surface area (TPSA) is 74.8 Å². The summed E-state index contributed by atoms with van der Waals surface area (Å²) in [6.07, 6.45) is 5.85. The molecule has 1 aliphatic heterocycles. The second-order valence-corrected chi connectivity index (χ2v) is 8.10. The van der Waals surface area contributed by atoms with Crippen LogP contribution in [0.2, 0.25) is 0 Å². The van der Waals surface area contributed by atoms with E-state index in [4.69, 9.17) is 12.2 Å². The third-order valence-corrected chi connectivity index (χ3v) is 5.86. The van der Waals surface area contributed by atoms with Gasteiger partial charge in [-0.3, -0.25) is 9.56 Å². The minimum Gasteiger partial charge on any atom is -0.493 e. The Morgan fingerprint density at radius 2 is 2.24 bits per heavy atom. The number of carbonyl (C=O) groups is 1. The molecule has 1 aromatic heterocycles. The molecule has 0 aliphatic carbocycles. The highest BCUT2D eigenvalue weighted by Gasteiger charge is 2.25. The average molecular weight is 393 g/mol. The van der Waals surface area contributed by atoms with Crippen molar-refractivity contribution < 1.29 is 15.0 Å². The second kappa shape index (κ2) is 7.55. The standard InChI is InChI=1S/C17H16N2O3S3/c1-24-7-6-13(16(21)22)19-15(20)14(25-17(19)23)8-10-9-18-12-5-3-2-4-11(10)12/h2-5,8-9,13,20H,6-7H2,1H3,(H,21,22)/b10-8+. The summed E-state index contributed by atoms with van der Waals surface area (Å²) in [5.74, 6) is -0.427. The summed E-state index contributed by atoms with van der Waals surface area (Å²) in [4.78, 5) is 16.5. The van der Waals surface area contributed by atoms with Crippen LogP contribution >= 0.6 is 35.3 Å². The third kappa shape index (κ3) is 3.56. The first-order valence-corrected chi connectivity index (χ1v) is 10.2. The molecule has 1 aliphatic rings. The summed E-state index contributed by atoms with van der Waals surface area (Å²) in [6.45, 7) is 0. The molecule has 0 bridgehead atoms. The first-order valence-electron chi connectivity index (χ1n) is 7.54. The van der Waals surface area contributed by atoms with E-state index < -0.39 is 12.0 Å². The Labute approximate surface area is 158 Å². The minimum absolute atomic E-state index is 0.103. The van der Waals surface area contributed by atoms with Crippen LogP contribution in [0.1, 0.15) is 22.9 Å². The van der Waals surface area contributed by atoms with Crippen LogP contribution < -0.4 is 0 Å². The van der Waals surface area contributed by atoms with Crippen molar-refractivity contribution in [3.8, 4) is 5.88 Å². The van der Waals surface area contributed by atoms with E-state index in [1.807, 2.05) is 30.5 Å². The summed E-state index contributed by atoms with van der Waals surface area (Å²) >= 11 is 8.08. The zero-order valence-electron chi connectivity index (χ0n) is 13.4. The van der Waals surface area contributed by atoms with Crippen molar-refractivity contribution in [1.29, 1.82) is 0 Å². The predicted molar refractivity (Wildman–Crippen MR) is 107 cm³/mol. The van der Waals surface area contributed by atoms with Gasteiger partial charge in [-0.25, -0.2) is 4.79 Å². The number of rotatable bonds is 6. The number of thioether (sulfide) groups is 1. The first-order chi connectivity index (χ1) is 12.0. The lowest BCUT2D eigenvalue weighted by molar-refractivity contribution is -0.141. The van der Waals surface area contributed by atoms with Crippen LogP contribution in [0.15, 0.2) is 29.3 Å². The number of hydrogen-bond donors (Lipinski definition) is 2. The molecule has 25 heavy (non-hydrogen) atoms. The summed E-state index contributed by atoms with van der Waals surface area (Å²) in [5, 5.41) is 20.1. The van der Waals surface area contributed by atoms with Crippen LogP contribution in [0.3, 0.4) is 0 Å². The van der Waals surface area contributed by atoms with E-state index in [-0.39, 0.29) is 5.88 Å². The number of hydrogen-bond acceptors (Lipinski definition) is 6. The zero-order chi connectivity index (χ0) is 18.0. The van der Waals surface area contributed by atoms with Gasteiger partial charge in [0.1, 0.15) is 6.04 Å². The molecule has 0 saturated carbocycles. The Hall–Kier alpha value is -1.90. The van der Waals surface area contributed by atoms with E-state index in [2.05, 4.69) is 4.99 Å². The number of aliphatic imine (C=N–C) groups is 1. The molecule has 0 saturated heterocycles. The normalized spacial score (nSPS) is 15.5. The Kier molecular flexibility index (Phi) is 5.41. The number of carboxylic acids is 1. The Morgan fingerprint density at radius 3 is 2.96 bits per heavy atom. The van der Waals surface area contributed by atoms with Crippen LogP contribution in [0.25, 0.3) is 11.6 Å². The number of carboxylic acid groups (broad SMARTS) is 1. The number of benzene rings is 1. The molecule has 2 heterocycles. The highest BCUT2D eigenvalue weighted by atomic mass is 32.2. The summed E-state index contributed by atoms with van der Waals surface area (Å²) in [7, 11) is 0. The summed E-state index contributed by atoms with van der Waals surface area (Å²) in [6, 6.07) is 6.85. The van der Waals surface area contributed by atoms with E-state index in [0.29, 0.717) is 21.0 Å². The van der Waals surface area contributed by atoms with Crippen molar-refractivity contribution in [2.75, 3.05) is 12.0 Å². The Morgan fingerprint density at radius 1 is 1.48 bits per heavy atom. The van der Waals surface area contributed by atoms with Gasteiger partial charge in [0, 0.05) is 17.4 Å². The number of aromatic hydroxyl groups is 1. The average Bonchev–Trinajstić information content (AvgIpc) is 3.11. The van der Waals surface area contributed by atoms with Crippen LogP contribution in [-0.2, 0) is 4.79 Å². The molecule has 0 fully saturated rings. The van der Waals surface area contributed by atoms with E-state index in [9.17, 15) is 15.0 Å². The number of thiazole rings is 1. The van der Waals surface area contributed by atoms with Gasteiger partial charge in [0.15, 0.2) is 3.95 Å². The highest BCUT2D eigenvalue weighted by Crippen LogP contribution is 2.37. The molecular formula is C17H16N2O3S3. The van der Waals surface area contributed by atoms with Gasteiger partial charge in [0.05, 0.1) is 10.6 Å². The van der Waals surface area contributed by atoms with E-state index in [1.165, 1.54) is 15.9 Å². The summed E-state index contributed by atoms with van der Waals surface area (Å²) in [5.41, 5.74) is 2.72. The van der Waals surface area contributed by atoms with E-state index in [1.54, 1.807) is 24.1 Å². The molecule has 2 aromatic rings. The van der Waals surface area contributed by atoms with Crippen molar-refractivity contribution in [2.45, 2.75) is 12.5 Å². The Balaban J connectivity index is 2.01. The predicted octanol–water partition coefficient (Wildman–Crippen LogP) is 4.62. The molecule has 0 amide bonds. The van der Waals surface area contributed by atoms with Gasteiger partial charge in [0.2, 0.25) is 5.88 Å². The Bertz CT molecular complexity index is 927. The lowest BCUT2D eigenvalue weighted by Crippen LogP contribution is -2.19. The largest absolute Gasteiger partial charge is 0.493 e. The van der Waals surface area contributed by atoms with Gasteiger partial charge in [-0.1, -0.05) is 18.2 Å². The van der Waals surface area contributed by atoms with Crippen molar-refractivity contribution in [3.05, 3.63) is 38.7 Å². The maximum Gasteiger partial charge on any atom is 0.326 e. The lowest BCUT2D eigenvalue weighted by atomic mass is 10.1. The minimum atomic E-state index is -0.995. The fraction of sp³-hybridized carbons (Fsp3) is 0.235. The maximum absolute atomic E-state index is 11.6. The quantitative estimate of drug-likeness (QED) is 0.702. The van der Waals surface area contributed by atoms with Crippen LogP contribution in [0.5, 0.6) is 5.88 Å². The van der Waals surface area contributed by atoms with Crippen molar-refractivity contribution in [2.24, 2.45) is 4.99 Å². The molecule has 0 radical (unpaired) electrons. The fourth-order valence-electron chi connectivity index (χ4n) is 2.65. The number of nitrogens with zero attached hydrogens (tertiary/aromatic N) is 2. The highest BCUT2D eigenvalue weighted by molar-refractivity contribution is 7.98. The smallest absolute Gasteiger partial charge is 0.326 e. The molecule has 5 nitrogen and oxygen atoms in total. The monoisotopic (exact) mass is 392 g/mol. The molecule has 130 valence electrons. The van der Waals surface area contributed by atoms with E-state index in [0.717, 1.165) is 16.8 Å². The number of aromatic nitrogens is 1. The van der Waals surface area contributed by atoms with Gasteiger partial charge in [-0.15, -0.1) is 11.3 Å². The zero-order valence-corrected chi connectivity index (χ0v) is 15.8. The number of aliphatic carboxylic acids is 1. The van der Waals surface area contributed by atoms with Gasteiger partial charge >= 0.3 is 5.97 Å². The number of para-hydroxylation sites is 1. The van der Waals surface area contributed by atoms with Crippen LogP contribution in [-0.4, -0.2) is 39.0 Å². The number of allylic oxidation sites excluding steroid dienone is 1. The fourth-order valence-corrected chi connectivity index (χ4v) is 4.47. The summed E-state index contributed by atoms with van der Waals surface area (Å²) < 4.78 is 1.68.